The fraction of sp³-hybridized carbons (Fsp3) is 0.500. The quantitative estimate of drug-likeness (QED) is 0.252. The van der Waals surface area contributed by atoms with Gasteiger partial charge in [0.05, 0.1) is 0 Å². The third-order valence-corrected chi connectivity index (χ3v) is 3.82. The molecule has 0 N–H and O–H groups in total. The average molecular weight is 369 g/mol. The first kappa shape index (κ1) is 25.1. The zero-order valence-corrected chi connectivity index (χ0v) is 17.8. The van der Waals surface area contributed by atoms with Crippen LogP contribution in [0.2, 0.25) is 0 Å². The first-order chi connectivity index (χ1) is 13.2. The van der Waals surface area contributed by atoms with Crippen LogP contribution >= 0.6 is 0 Å². The van der Waals surface area contributed by atoms with E-state index in [2.05, 4.69) is 93.7 Å². The summed E-state index contributed by atoms with van der Waals surface area (Å²) in [6.07, 6.45) is 34.7. The molecule has 0 aromatic heterocycles. The molecular weight excluding hydrogens is 328 g/mol. The molecule has 0 heterocycles. The Bertz CT molecular complexity index is 512. The fourth-order valence-corrected chi connectivity index (χ4v) is 2.44. The summed E-state index contributed by atoms with van der Waals surface area (Å²) in [7, 11) is 0. The van der Waals surface area contributed by atoms with Gasteiger partial charge in [0.2, 0.25) is 0 Å². The summed E-state index contributed by atoms with van der Waals surface area (Å²) in [5.74, 6) is 0.854. The Hall–Kier alpha value is -1.89. The molecule has 0 aromatic carbocycles. The van der Waals surface area contributed by atoms with Crippen LogP contribution in [0.3, 0.4) is 0 Å². The van der Waals surface area contributed by atoms with E-state index < -0.39 is 0 Å². The first-order valence-corrected chi connectivity index (χ1v) is 10.6. The molecule has 0 atom stereocenters. The third kappa shape index (κ3) is 22.1. The molecule has 27 heavy (non-hydrogen) atoms. The van der Waals surface area contributed by atoms with Crippen LogP contribution in [0.5, 0.6) is 0 Å². The van der Waals surface area contributed by atoms with Crippen LogP contribution in [-0.4, -0.2) is 5.78 Å². The summed E-state index contributed by atoms with van der Waals surface area (Å²) < 4.78 is 0. The smallest absolute Gasteiger partial charge is 0.133 e. The number of rotatable bonds is 16. The normalized spacial score (nSPS) is 13.2. The van der Waals surface area contributed by atoms with Crippen molar-refractivity contribution in [2.45, 2.75) is 78.6 Å². The van der Waals surface area contributed by atoms with Crippen molar-refractivity contribution in [2.75, 3.05) is 0 Å². The van der Waals surface area contributed by atoms with E-state index in [-0.39, 0.29) is 0 Å². The molecule has 0 unspecified atom stereocenters. The SMILES string of the molecule is CC/C=C\C/C=C\C/C=C\C/C=C\C/C=C\C/C=C\CCC(=O)CC(C)C. The molecule has 1 heteroatoms. The second-order valence-corrected chi connectivity index (χ2v) is 7.09. The maximum absolute atomic E-state index is 11.6. The van der Waals surface area contributed by atoms with E-state index in [0.29, 0.717) is 24.5 Å². The number of allylic oxidation sites excluding steroid dienone is 12. The zero-order valence-electron chi connectivity index (χ0n) is 17.8. The first-order valence-electron chi connectivity index (χ1n) is 10.6. The highest BCUT2D eigenvalue weighted by Crippen LogP contribution is 2.05. The van der Waals surface area contributed by atoms with Gasteiger partial charge in [0, 0.05) is 12.8 Å². The molecule has 0 aromatic rings. The lowest BCUT2D eigenvalue weighted by Crippen LogP contribution is -2.01. The Morgan fingerprint density at radius 1 is 0.630 bits per heavy atom. The van der Waals surface area contributed by atoms with Gasteiger partial charge in [0.25, 0.3) is 0 Å². The van der Waals surface area contributed by atoms with Gasteiger partial charge in [-0.05, 0) is 50.9 Å². The minimum atomic E-state index is 0.379. The molecule has 150 valence electrons. The molecule has 0 spiro atoms. The Balaban J connectivity index is 3.57. The van der Waals surface area contributed by atoms with Crippen molar-refractivity contribution < 1.29 is 4.79 Å². The van der Waals surface area contributed by atoms with Crippen LogP contribution in [0.25, 0.3) is 0 Å². The Kier molecular flexibility index (Phi) is 19.0. The van der Waals surface area contributed by atoms with E-state index in [1.165, 1.54) is 0 Å². The Labute approximate surface area is 168 Å². The lowest BCUT2D eigenvalue weighted by atomic mass is 10.0. The molecule has 0 amide bonds. The summed E-state index contributed by atoms with van der Waals surface area (Å²) in [4.78, 5) is 11.6. The van der Waals surface area contributed by atoms with E-state index in [4.69, 9.17) is 0 Å². The predicted octanol–water partition coefficient (Wildman–Crippen LogP) is 8.08. The maximum atomic E-state index is 11.6. The van der Waals surface area contributed by atoms with Crippen molar-refractivity contribution in [1.29, 1.82) is 0 Å². The zero-order chi connectivity index (χ0) is 20.0. The largest absolute Gasteiger partial charge is 0.300 e. The standard InChI is InChI=1S/C26H40O/c1-4-5-6-7-8-9-10-11-12-13-14-15-16-17-18-19-20-21-22-23-26(27)24-25(2)3/h5-6,8-9,11-12,14-15,17-18,20-21,25H,4,7,10,13,16,19,22-24H2,1-3H3/b6-5-,9-8-,12-11-,15-14-,18-17-,21-20-. The summed E-state index contributed by atoms with van der Waals surface area (Å²) in [6, 6.07) is 0. The number of carbonyl (C=O) groups is 1. The second kappa shape index (κ2) is 20.4. The van der Waals surface area contributed by atoms with Gasteiger partial charge in [-0.25, -0.2) is 0 Å². The molecule has 0 aliphatic carbocycles. The predicted molar refractivity (Wildman–Crippen MR) is 122 cm³/mol. The monoisotopic (exact) mass is 368 g/mol. The van der Waals surface area contributed by atoms with Crippen LogP contribution in [0.4, 0.5) is 0 Å². The average Bonchev–Trinajstić information content (AvgIpc) is 2.63. The third-order valence-electron chi connectivity index (χ3n) is 3.82. The number of hydrogen-bond donors (Lipinski definition) is 0. The molecule has 0 rings (SSSR count). The van der Waals surface area contributed by atoms with Gasteiger partial charge >= 0.3 is 0 Å². The van der Waals surface area contributed by atoms with E-state index in [1.54, 1.807) is 0 Å². The van der Waals surface area contributed by atoms with Crippen LogP contribution in [-0.2, 0) is 4.79 Å². The topological polar surface area (TPSA) is 17.1 Å². The minimum absolute atomic E-state index is 0.379. The van der Waals surface area contributed by atoms with Crippen LogP contribution in [0, 0.1) is 5.92 Å². The molecule has 0 radical (unpaired) electrons. The highest BCUT2D eigenvalue weighted by Gasteiger charge is 2.02. The molecule has 0 saturated carbocycles. The summed E-state index contributed by atoms with van der Waals surface area (Å²) in [6.45, 7) is 6.34. The van der Waals surface area contributed by atoms with Gasteiger partial charge in [-0.3, -0.25) is 4.79 Å². The molecule has 1 nitrogen and oxygen atoms in total. The van der Waals surface area contributed by atoms with Crippen molar-refractivity contribution >= 4 is 5.78 Å². The molecule has 0 aliphatic rings. The van der Waals surface area contributed by atoms with Crippen LogP contribution in [0.15, 0.2) is 72.9 Å². The van der Waals surface area contributed by atoms with Crippen molar-refractivity contribution in [2.24, 2.45) is 5.92 Å². The lowest BCUT2D eigenvalue weighted by Gasteiger charge is -2.01. The molecule has 0 aliphatic heterocycles. The number of Topliss-reactive ketones (excluding diaryl/α,β-unsaturated/α-hetero) is 1. The van der Waals surface area contributed by atoms with E-state index in [9.17, 15) is 4.79 Å². The Morgan fingerprint density at radius 2 is 1.00 bits per heavy atom. The number of carbonyl (C=O) groups excluding carboxylic acids is 1. The molecule has 0 saturated heterocycles. The lowest BCUT2D eigenvalue weighted by molar-refractivity contribution is -0.119. The van der Waals surface area contributed by atoms with Crippen molar-refractivity contribution in [3.05, 3.63) is 72.9 Å². The van der Waals surface area contributed by atoms with Gasteiger partial charge < -0.3 is 0 Å². The van der Waals surface area contributed by atoms with Crippen molar-refractivity contribution in [3.63, 3.8) is 0 Å². The highest BCUT2D eigenvalue weighted by atomic mass is 16.1. The molecule has 0 fully saturated rings. The maximum Gasteiger partial charge on any atom is 0.133 e. The summed E-state index contributed by atoms with van der Waals surface area (Å²) in [5.41, 5.74) is 0. The number of ketones is 1. The fourth-order valence-electron chi connectivity index (χ4n) is 2.44. The van der Waals surface area contributed by atoms with Gasteiger partial charge in [0.15, 0.2) is 0 Å². The molecule has 0 bridgehead atoms. The van der Waals surface area contributed by atoms with Gasteiger partial charge in [-0.2, -0.15) is 0 Å². The van der Waals surface area contributed by atoms with Crippen LogP contribution in [0.1, 0.15) is 78.6 Å². The van der Waals surface area contributed by atoms with Gasteiger partial charge in [0.1, 0.15) is 5.78 Å². The van der Waals surface area contributed by atoms with Gasteiger partial charge in [-0.15, -0.1) is 0 Å². The van der Waals surface area contributed by atoms with E-state index >= 15 is 0 Å². The highest BCUT2D eigenvalue weighted by molar-refractivity contribution is 5.78. The summed E-state index contributed by atoms with van der Waals surface area (Å²) >= 11 is 0. The minimum Gasteiger partial charge on any atom is -0.300 e. The number of hydrogen-bond acceptors (Lipinski definition) is 1. The summed E-state index contributed by atoms with van der Waals surface area (Å²) in [5, 5.41) is 0. The van der Waals surface area contributed by atoms with Gasteiger partial charge in [-0.1, -0.05) is 93.7 Å². The second-order valence-electron chi connectivity index (χ2n) is 7.09. The van der Waals surface area contributed by atoms with Crippen molar-refractivity contribution in [1.82, 2.24) is 0 Å². The van der Waals surface area contributed by atoms with Crippen molar-refractivity contribution in [3.8, 4) is 0 Å². The molecular formula is C26H40O. The van der Waals surface area contributed by atoms with E-state index in [1.807, 2.05) is 0 Å². The van der Waals surface area contributed by atoms with Crippen LogP contribution < -0.4 is 0 Å². The van der Waals surface area contributed by atoms with E-state index in [0.717, 1.165) is 44.9 Å². The Morgan fingerprint density at radius 3 is 1.37 bits per heavy atom.